The van der Waals surface area contributed by atoms with Crippen molar-refractivity contribution in [2.24, 2.45) is 29.1 Å². The summed E-state index contributed by atoms with van der Waals surface area (Å²) in [5, 5.41) is 36.5. The molecule has 3 aliphatic heterocycles. The highest BCUT2D eigenvalue weighted by Crippen LogP contribution is 2.55. The van der Waals surface area contributed by atoms with Gasteiger partial charge >= 0.3 is 17.7 Å². The minimum Gasteiger partial charge on any atom is -0.505 e. The second-order valence-electron chi connectivity index (χ2n) is 21.3. The van der Waals surface area contributed by atoms with E-state index in [1.165, 1.54) is 49.5 Å². The monoisotopic (exact) mass is 980 g/mol. The first-order chi connectivity index (χ1) is 33.3. The molecule has 15 heteroatoms. The predicted octanol–water partition coefficient (Wildman–Crippen LogP) is 9.20. The number of rotatable bonds is 6. The third-order valence-electron chi connectivity index (χ3n) is 14.8. The van der Waals surface area contributed by atoms with Crippen LogP contribution in [0.3, 0.4) is 0 Å². The van der Waals surface area contributed by atoms with Gasteiger partial charge in [-0.2, -0.15) is 0 Å². The fraction of sp³-hybridized carbons (Fsp3) is 0.536. The van der Waals surface area contributed by atoms with Crippen molar-refractivity contribution in [2.75, 3.05) is 38.2 Å². The molecular weight excluding hydrogens is 907 g/mol. The Morgan fingerprint density at radius 2 is 1.56 bits per heavy atom. The summed E-state index contributed by atoms with van der Waals surface area (Å²) < 4.78 is 37.6. The highest BCUT2D eigenvalue weighted by molar-refractivity contribution is 6.26. The lowest BCUT2D eigenvalue weighted by Gasteiger charge is -2.38. The van der Waals surface area contributed by atoms with E-state index in [9.17, 15) is 24.9 Å². The zero-order chi connectivity index (χ0) is 52.2. The first-order valence-corrected chi connectivity index (χ1v) is 24.7. The standard InChI is InChI=1S/C56H73N3O12/c1-28-25-31(4)38(32(5)26-28)27-58-20-22-59(23-21-58)44-43-51-41-40(47(44)63)42-50(36(9)49(41)70-54(65)55(11,12)13)71-56(14,52(42)64)67-24-19-39(66-15)33(6)48(68-37(10)60)35(8)46(62)34(7)45(61)29(2)17-16-18-30(3)53(57-43)69-51/h16-19,24-26,29,33-35,39,45-46,48,61-63H,20-23,27H2,1-15H3/b17-16+,24-19+,30-18-/t29-,33+,34?,35+,39-,45?,46+,48-,56-/m0/s1. The molecule has 4 heterocycles. The number of ether oxygens (including phenoxy) is 5. The lowest BCUT2D eigenvalue weighted by molar-refractivity contribution is -0.160. The molecule has 1 aromatic heterocycles. The summed E-state index contributed by atoms with van der Waals surface area (Å²) in [5.41, 5.74) is 5.76. The number of ketones is 1. The van der Waals surface area contributed by atoms with Crippen LogP contribution >= 0.6 is 0 Å². The number of benzene rings is 3. The minimum atomic E-state index is -2.00. The number of aliphatic hydroxyl groups excluding tert-OH is 2. The topological polar surface area (TPSA) is 191 Å². The average molecular weight is 980 g/mol. The van der Waals surface area contributed by atoms with Gasteiger partial charge in [0.2, 0.25) is 5.89 Å². The number of hydrogen-bond donors (Lipinski definition) is 3. The maximum absolute atomic E-state index is 15.2. The van der Waals surface area contributed by atoms with Crippen LogP contribution in [-0.2, 0) is 30.3 Å². The number of aliphatic hydroxyl groups is 2. The molecule has 2 unspecified atom stereocenters. The van der Waals surface area contributed by atoms with Crippen molar-refractivity contribution in [2.45, 2.75) is 134 Å². The molecule has 3 aromatic carbocycles. The van der Waals surface area contributed by atoms with Gasteiger partial charge in [0.1, 0.15) is 34.6 Å². The van der Waals surface area contributed by atoms with Crippen LogP contribution in [0.5, 0.6) is 17.2 Å². The van der Waals surface area contributed by atoms with E-state index in [1.807, 2.05) is 26.8 Å². The Balaban J connectivity index is 1.44. The summed E-state index contributed by atoms with van der Waals surface area (Å²) in [6.07, 6.45) is 4.52. The van der Waals surface area contributed by atoms with Gasteiger partial charge in [-0.1, -0.05) is 63.6 Å². The molecule has 0 amide bonds. The van der Waals surface area contributed by atoms with Gasteiger partial charge in [0.05, 0.1) is 40.9 Å². The zero-order valence-corrected chi connectivity index (χ0v) is 44.1. The number of aromatic hydroxyl groups is 1. The maximum Gasteiger partial charge on any atom is 0.316 e. The number of aryl methyl sites for hydroxylation is 3. The van der Waals surface area contributed by atoms with Gasteiger partial charge in [0.25, 0.3) is 5.78 Å². The van der Waals surface area contributed by atoms with Gasteiger partial charge in [-0.25, -0.2) is 4.98 Å². The Morgan fingerprint density at radius 1 is 0.915 bits per heavy atom. The lowest BCUT2D eigenvalue weighted by atomic mass is 9.78. The number of Topliss-reactive ketones (excluding diaryl/α,β-unsaturated/α-hetero) is 1. The summed E-state index contributed by atoms with van der Waals surface area (Å²) in [4.78, 5) is 51.1. The van der Waals surface area contributed by atoms with Crippen molar-refractivity contribution < 1.29 is 57.8 Å². The van der Waals surface area contributed by atoms with Crippen LogP contribution in [0.25, 0.3) is 27.4 Å². The van der Waals surface area contributed by atoms with Gasteiger partial charge < -0.3 is 48.3 Å². The largest absolute Gasteiger partial charge is 0.505 e. The van der Waals surface area contributed by atoms with Crippen LogP contribution in [0.2, 0.25) is 0 Å². The number of hydrogen-bond acceptors (Lipinski definition) is 15. The molecule has 384 valence electrons. The Bertz CT molecular complexity index is 2790. The van der Waals surface area contributed by atoms with E-state index in [0.29, 0.717) is 48.5 Å². The van der Waals surface area contributed by atoms with Gasteiger partial charge in [0.15, 0.2) is 5.58 Å². The summed E-state index contributed by atoms with van der Waals surface area (Å²) >= 11 is 0. The Kier molecular flexibility index (Phi) is 15.3. The highest BCUT2D eigenvalue weighted by Gasteiger charge is 2.50. The van der Waals surface area contributed by atoms with E-state index in [0.717, 1.165) is 6.54 Å². The van der Waals surface area contributed by atoms with Crippen LogP contribution in [-0.4, -0.2) is 106 Å². The number of anilines is 1. The van der Waals surface area contributed by atoms with E-state index in [1.54, 1.807) is 59.8 Å². The van der Waals surface area contributed by atoms with E-state index in [4.69, 9.17) is 33.1 Å². The molecule has 0 aliphatic carbocycles. The summed E-state index contributed by atoms with van der Waals surface area (Å²) in [6, 6.07) is 4.41. The van der Waals surface area contributed by atoms with Crippen LogP contribution in [0.1, 0.15) is 113 Å². The zero-order valence-electron chi connectivity index (χ0n) is 44.1. The number of piperazine rings is 1. The molecule has 0 saturated carbocycles. The Hall–Kier alpha value is -5.74. The average Bonchev–Trinajstić information content (AvgIpc) is 3.86. The third-order valence-corrected chi connectivity index (χ3v) is 14.8. The molecule has 71 heavy (non-hydrogen) atoms. The molecule has 4 aromatic rings. The number of aromatic nitrogens is 1. The van der Waals surface area contributed by atoms with Crippen molar-refractivity contribution in [3.8, 4) is 17.2 Å². The van der Waals surface area contributed by atoms with Gasteiger partial charge in [-0.15, -0.1) is 0 Å². The number of carbonyl (C=O) groups is 3. The van der Waals surface area contributed by atoms with Crippen LogP contribution in [0, 0.1) is 56.8 Å². The van der Waals surface area contributed by atoms with Crippen molar-refractivity contribution in [1.82, 2.24) is 9.88 Å². The molecule has 0 radical (unpaired) electrons. The molecule has 7 rings (SSSR count). The summed E-state index contributed by atoms with van der Waals surface area (Å²) in [7, 11) is 1.48. The second kappa shape index (κ2) is 20.4. The Morgan fingerprint density at radius 3 is 2.17 bits per heavy atom. The molecule has 6 bridgehead atoms. The molecule has 0 spiro atoms. The normalized spacial score (nSPS) is 28.5. The van der Waals surface area contributed by atoms with Gasteiger partial charge in [0, 0.05) is 93.9 Å². The number of nitrogens with zero attached hydrogens (tertiary/aromatic N) is 3. The number of phenolic OH excluding ortho intramolecular Hbond substituents is 1. The summed E-state index contributed by atoms with van der Waals surface area (Å²) in [6.45, 7) is 28.1. The smallest absolute Gasteiger partial charge is 0.316 e. The van der Waals surface area contributed by atoms with Crippen LogP contribution < -0.4 is 14.4 Å². The fourth-order valence-electron chi connectivity index (χ4n) is 10.4. The van der Waals surface area contributed by atoms with Crippen LogP contribution in [0.15, 0.2) is 47.1 Å². The number of allylic oxidation sites excluding steroid dienone is 3. The number of phenols is 1. The van der Waals surface area contributed by atoms with Crippen molar-refractivity contribution in [3.05, 3.63) is 82.0 Å². The molecule has 1 saturated heterocycles. The quantitative estimate of drug-likeness (QED) is 0.122. The number of fused-ring (bicyclic) bond motifs is 2. The third kappa shape index (κ3) is 10.2. The Labute approximate surface area is 417 Å². The minimum absolute atomic E-state index is 0.0103. The van der Waals surface area contributed by atoms with E-state index in [-0.39, 0.29) is 45.1 Å². The fourth-order valence-corrected chi connectivity index (χ4v) is 10.4. The molecule has 3 N–H and O–H groups in total. The number of oxazole rings is 1. The summed E-state index contributed by atoms with van der Waals surface area (Å²) in [5.74, 6) is -6.04. The molecule has 3 aliphatic rings. The number of esters is 2. The first-order valence-electron chi connectivity index (χ1n) is 24.7. The van der Waals surface area contributed by atoms with E-state index < -0.39 is 77.0 Å². The van der Waals surface area contributed by atoms with Crippen molar-refractivity contribution >= 4 is 50.9 Å². The number of carbonyl (C=O) groups excluding carboxylic acids is 3. The van der Waals surface area contributed by atoms with Crippen molar-refractivity contribution in [1.29, 1.82) is 0 Å². The first kappa shape index (κ1) is 53.1. The molecule has 9 atom stereocenters. The van der Waals surface area contributed by atoms with Crippen molar-refractivity contribution in [3.63, 3.8) is 0 Å². The van der Waals surface area contributed by atoms with E-state index >= 15 is 4.79 Å². The SMILES string of the molecule is CO[C@H]1/C=C/O[C@@]2(C)Oc3c(C)c(OC(=O)C(C)(C)C)c4c(c(O)c(N5CCN(Cc6c(C)cc(C)cc6C)CC5)c5nc(oc54)/C(C)=C\C=C\[C@H](C)C(O)C(C)[C@@H](O)[C@@H](C)[C@@H](OC(C)=O)[C@@H]1C)c3C2=O. The van der Waals surface area contributed by atoms with E-state index in [2.05, 4.69) is 42.7 Å². The van der Waals surface area contributed by atoms with Gasteiger partial charge in [-0.05, 0) is 78.2 Å². The molecular formula is C56H73N3O12. The van der Waals surface area contributed by atoms with Crippen LogP contribution in [0.4, 0.5) is 5.69 Å². The molecule has 1 fully saturated rings. The second-order valence-corrected chi connectivity index (χ2v) is 21.3. The lowest BCUT2D eigenvalue weighted by Crippen LogP contribution is -2.46. The maximum atomic E-state index is 15.2. The number of methoxy groups -OCH3 is 1. The highest BCUT2D eigenvalue weighted by atomic mass is 16.7. The predicted molar refractivity (Wildman–Crippen MR) is 273 cm³/mol. The molecule has 15 nitrogen and oxygen atoms in total. The van der Waals surface area contributed by atoms with Gasteiger partial charge in [-0.3, -0.25) is 19.3 Å².